The van der Waals surface area contributed by atoms with Gasteiger partial charge in [0.1, 0.15) is 0 Å². The minimum absolute atomic E-state index is 0.690. The molecule has 0 amide bonds. The maximum Gasteiger partial charge on any atom is 0.0249 e. The minimum Gasteiger partial charge on any atom is -0.0730 e. The van der Waals surface area contributed by atoms with E-state index in [-0.39, 0.29) is 0 Å². The molecule has 0 nitrogen and oxygen atoms in total. The lowest BCUT2D eigenvalue weighted by Crippen LogP contribution is -2.13. The van der Waals surface area contributed by atoms with Crippen LogP contribution in [0.15, 0.2) is 60.7 Å². The van der Waals surface area contributed by atoms with E-state index in [4.69, 9.17) is 0 Å². The van der Waals surface area contributed by atoms with E-state index >= 15 is 0 Å². The molecule has 0 unspecified atom stereocenters. The van der Waals surface area contributed by atoms with E-state index in [1.165, 1.54) is 93.7 Å². The topological polar surface area (TPSA) is 0 Å². The van der Waals surface area contributed by atoms with E-state index in [0.717, 1.165) is 29.7 Å². The van der Waals surface area contributed by atoms with Crippen molar-refractivity contribution in [2.45, 2.75) is 109 Å². The largest absolute Gasteiger partial charge is 0.0730 e. The van der Waals surface area contributed by atoms with Gasteiger partial charge in [0.25, 0.3) is 0 Å². The Kier molecular flexibility index (Phi) is 10.1. The van der Waals surface area contributed by atoms with Crippen LogP contribution >= 0.6 is 0 Å². The van der Waals surface area contributed by atoms with E-state index in [9.17, 15) is 0 Å². The molecular formula is C35H46. The van der Waals surface area contributed by atoms with Gasteiger partial charge in [0.2, 0.25) is 0 Å². The highest BCUT2D eigenvalue weighted by atomic mass is 14.3. The van der Waals surface area contributed by atoms with Crippen LogP contribution in [0.25, 0.3) is 0 Å². The average Bonchev–Trinajstić information content (AvgIpc) is 2.92. The van der Waals surface area contributed by atoms with Gasteiger partial charge in [-0.05, 0) is 116 Å². The monoisotopic (exact) mass is 466 g/mol. The van der Waals surface area contributed by atoms with Gasteiger partial charge in [0, 0.05) is 5.56 Å². The molecule has 0 N–H and O–H groups in total. The van der Waals surface area contributed by atoms with Gasteiger partial charge in [-0.25, -0.2) is 0 Å². The van der Waals surface area contributed by atoms with Crippen LogP contribution in [0.1, 0.15) is 125 Å². The molecule has 2 aliphatic rings. The summed E-state index contributed by atoms with van der Waals surface area (Å²) in [5.74, 6) is 9.84. The molecule has 2 aromatic rings. The summed E-state index contributed by atoms with van der Waals surface area (Å²) in [5, 5.41) is 0. The van der Waals surface area contributed by atoms with Crippen LogP contribution in [0.2, 0.25) is 0 Å². The second-order valence-corrected chi connectivity index (χ2v) is 11.2. The average molecular weight is 467 g/mol. The second kappa shape index (κ2) is 13.7. The van der Waals surface area contributed by atoms with Gasteiger partial charge in [-0.3, -0.25) is 0 Å². The molecule has 0 saturated heterocycles. The SMILES string of the molecule is CCCCCC1CCC(c2ccc(C#CC=CC3CCC(c4ccc(CC)cc4)CC3)cc2)CC1. The van der Waals surface area contributed by atoms with E-state index in [0.29, 0.717) is 5.92 Å². The van der Waals surface area contributed by atoms with Crippen LogP contribution in [0.3, 0.4) is 0 Å². The smallest absolute Gasteiger partial charge is 0.0249 e. The zero-order valence-electron chi connectivity index (χ0n) is 22.3. The molecule has 0 atom stereocenters. The molecule has 0 aliphatic heterocycles. The minimum atomic E-state index is 0.690. The Morgan fingerprint density at radius 3 is 1.91 bits per heavy atom. The highest BCUT2D eigenvalue weighted by molar-refractivity contribution is 5.39. The molecule has 4 rings (SSSR count). The summed E-state index contributed by atoms with van der Waals surface area (Å²) < 4.78 is 0. The normalized spacial score (nSPS) is 24.7. The van der Waals surface area contributed by atoms with Gasteiger partial charge >= 0.3 is 0 Å². The fourth-order valence-corrected chi connectivity index (χ4v) is 6.29. The summed E-state index contributed by atoms with van der Waals surface area (Å²) in [6.45, 7) is 4.53. The molecule has 2 aromatic carbocycles. The lowest BCUT2D eigenvalue weighted by Gasteiger charge is -2.29. The number of allylic oxidation sites excluding steroid dienone is 2. The summed E-state index contributed by atoms with van der Waals surface area (Å²) in [6.07, 6.45) is 22.0. The van der Waals surface area contributed by atoms with Crippen LogP contribution in [0, 0.1) is 23.7 Å². The molecule has 0 heteroatoms. The number of aryl methyl sites for hydroxylation is 1. The van der Waals surface area contributed by atoms with Gasteiger partial charge in [-0.15, -0.1) is 0 Å². The van der Waals surface area contributed by atoms with Gasteiger partial charge in [-0.1, -0.05) is 93.8 Å². The van der Waals surface area contributed by atoms with Crippen LogP contribution in [0.5, 0.6) is 0 Å². The second-order valence-electron chi connectivity index (χ2n) is 11.2. The van der Waals surface area contributed by atoms with Gasteiger partial charge in [0.15, 0.2) is 0 Å². The van der Waals surface area contributed by atoms with Crippen LogP contribution in [-0.4, -0.2) is 0 Å². The Bertz CT molecular complexity index is 949. The van der Waals surface area contributed by atoms with Crippen molar-refractivity contribution >= 4 is 0 Å². The molecular weight excluding hydrogens is 420 g/mol. The standard InChI is InChI=1S/C35H46/c1-3-5-6-9-29-14-22-34(23-15-29)35-26-18-31(19-27-35)11-8-7-10-30-16-24-33(25-17-30)32-20-12-28(4-2)13-21-32/h7,10,12-13,18-21,26-27,29-30,33-34H,3-6,9,14-17,22-25H2,1-2H3. The number of rotatable bonds is 8. The molecule has 0 bridgehead atoms. The highest BCUT2D eigenvalue weighted by Gasteiger charge is 2.22. The fraction of sp³-hybridized carbons (Fsp3) is 0.543. The third-order valence-electron chi connectivity index (χ3n) is 8.74. The van der Waals surface area contributed by atoms with Gasteiger partial charge in [-0.2, -0.15) is 0 Å². The van der Waals surface area contributed by atoms with Crippen molar-refractivity contribution in [3.05, 3.63) is 82.9 Å². The Labute approximate surface area is 215 Å². The van der Waals surface area contributed by atoms with Crippen LogP contribution in [0.4, 0.5) is 0 Å². The predicted molar refractivity (Wildman–Crippen MR) is 152 cm³/mol. The Morgan fingerprint density at radius 1 is 0.714 bits per heavy atom. The van der Waals surface area contributed by atoms with E-state index in [2.05, 4.69) is 86.4 Å². The Balaban J connectivity index is 1.19. The first kappa shape index (κ1) is 25.8. The fourth-order valence-electron chi connectivity index (χ4n) is 6.29. The van der Waals surface area contributed by atoms with Crippen molar-refractivity contribution in [2.75, 3.05) is 0 Å². The quantitative estimate of drug-likeness (QED) is 0.268. The molecule has 2 saturated carbocycles. The van der Waals surface area contributed by atoms with Gasteiger partial charge in [0.05, 0.1) is 0 Å². The first-order chi connectivity index (χ1) is 17.2. The van der Waals surface area contributed by atoms with Crippen molar-refractivity contribution < 1.29 is 0 Å². The number of benzene rings is 2. The number of unbranched alkanes of at least 4 members (excludes halogenated alkanes) is 2. The molecule has 186 valence electrons. The zero-order valence-corrected chi connectivity index (χ0v) is 22.3. The summed E-state index contributed by atoms with van der Waals surface area (Å²) in [5.41, 5.74) is 5.65. The lowest BCUT2D eigenvalue weighted by molar-refractivity contribution is 0.303. The molecule has 0 aromatic heterocycles. The first-order valence-electron chi connectivity index (χ1n) is 14.6. The molecule has 35 heavy (non-hydrogen) atoms. The number of hydrogen-bond donors (Lipinski definition) is 0. The van der Waals surface area contributed by atoms with Crippen molar-refractivity contribution in [1.29, 1.82) is 0 Å². The van der Waals surface area contributed by atoms with E-state index in [1.807, 2.05) is 0 Å². The summed E-state index contributed by atoms with van der Waals surface area (Å²) >= 11 is 0. The summed E-state index contributed by atoms with van der Waals surface area (Å²) in [7, 11) is 0. The van der Waals surface area contributed by atoms with Gasteiger partial charge < -0.3 is 0 Å². The number of hydrogen-bond acceptors (Lipinski definition) is 0. The van der Waals surface area contributed by atoms with Crippen molar-refractivity contribution in [1.82, 2.24) is 0 Å². The Morgan fingerprint density at radius 2 is 1.31 bits per heavy atom. The van der Waals surface area contributed by atoms with Crippen molar-refractivity contribution in [3.8, 4) is 11.8 Å². The molecule has 2 aliphatic carbocycles. The maximum absolute atomic E-state index is 3.36. The predicted octanol–water partition coefficient (Wildman–Crippen LogP) is 9.98. The zero-order chi connectivity index (χ0) is 24.3. The molecule has 0 spiro atoms. The first-order valence-corrected chi connectivity index (χ1v) is 14.6. The summed E-state index contributed by atoms with van der Waals surface area (Å²) in [4.78, 5) is 0. The van der Waals surface area contributed by atoms with Crippen molar-refractivity contribution in [2.24, 2.45) is 11.8 Å². The molecule has 0 heterocycles. The van der Waals surface area contributed by atoms with E-state index < -0.39 is 0 Å². The maximum atomic E-state index is 3.36. The van der Waals surface area contributed by atoms with Crippen molar-refractivity contribution in [3.63, 3.8) is 0 Å². The van der Waals surface area contributed by atoms with Crippen LogP contribution < -0.4 is 0 Å². The molecule has 0 radical (unpaired) electrons. The third-order valence-corrected chi connectivity index (χ3v) is 8.74. The molecule has 2 fully saturated rings. The highest BCUT2D eigenvalue weighted by Crippen LogP contribution is 2.38. The lowest BCUT2D eigenvalue weighted by atomic mass is 9.77. The third kappa shape index (κ3) is 7.87. The summed E-state index contributed by atoms with van der Waals surface area (Å²) in [6, 6.07) is 18.5. The van der Waals surface area contributed by atoms with E-state index in [1.54, 1.807) is 0 Å². The van der Waals surface area contributed by atoms with Crippen LogP contribution in [-0.2, 0) is 6.42 Å². The Hall–Kier alpha value is -2.26.